The van der Waals surface area contributed by atoms with E-state index in [1.807, 2.05) is 0 Å². The lowest BCUT2D eigenvalue weighted by Crippen LogP contribution is -2.30. The van der Waals surface area contributed by atoms with E-state index in [9.17, 15) is 28.9 Å². The smallest absolute Gasteiger partial charge is 0.462 e. The number of phosphoric ester groups is 1. The third-order valence-corrected chi connectivity index (χ3v) is 11.5. The number of unbranched alkanes of at least 4 members (excludes halogenated alkanes) is 18. The molecule has 0 bridgehead atoms. The lowest BCUT2D eigenvalue weighted by atomic mass is 10.1. The predicted molar refractivity (Wildman–Crippen MR) is 270 cm³/mol. The van der Waals surface area contributed by atoms with Crippen LogP contribution in [-0.2, 0) is 42.2 Å². The fraction of sp³-hybridized carbons (Fsp3) is 0.722. The normalized spacial score (nSPS) is 14.1. The molecule has 0 aliphatic rings. The van der Waals surface area contributed by atoms with E-state index >= 15 is 0 Å². The van der Waals surface area contributed by atoms with Crippen molar-refractivity contribution in [3.05, 3.63) is 72.9 Å². The highest BCUT2D eigenvalue weighted by Gasteiger charge is 2.28. The number of aliphatic hydroxyl groups excluding tert-OH is 1. The monoisotopic (exact) mass is 949 g/mol. The Bertz CT molecular complexity index is 1390. The Morgan fingerprint density at radius 2 is 0.803 bits per heavy atom. The van der Waals surface area contributed by atoms with Crippen molar-refractivity contribution in [2.75, 3.05) is 26.4 Å². The maximum absolute atomic E-state index is 12.8. The van der Waals surface area contributed by atoms with Crippen LogP contribution in [0.5, 0.6) is 0 Å². The molecule has 3 atom stereocenters. The van der Waals surface area contributed by atoms with Gasteiger partial charge in [0.05, 0.1) is 19.8 Å². The molecule has 12 heteroatoms. The molecule has 2 N–H and O–H groups in total. The van der Waals surface area contributed by atoms with Crippen LogP contribution in [0.3, 0.4) is 0 Å². The van der Waals surface area contributed by atoms with Gasteiger partial charge in [-0.25, -0.2) is 4.57 Å². The maximum Gasteiger partial charge on any atom is 0.472 e. The first kappa shape index (κ1) is 62.9. The zero-order valence-corrected chi connectivity index (χ0v) is 42.5. The summed E-state index contributed by atoms with van der Waals surface area (Å²) in [5, 5.41) is 9.77. The molecular weight excluding hydrogens is 856 g/mol. The molecule has 380 valence electrons. The van der Waals surface area contributed by atoms with Crippen LogP contribution >= 0.6 is 7.82 Å². The van der Waals surface area contributed by atoms with Crippen LogP contribution in [0.2, 0.25) is 0 Å². The van der Waals surface area contributed by atoms with Crippen molar-refractivity contribution in [2.24, 2.45) is 0 Å². The Balaban J connectivity index is 4.81. The first-order chi connectivity index (χ1) is 32.2. The summed E-state index contributed by atoms with van der Waals surface area (Å²) in [4.78, 5) is 48.2. The molecule has 66 heavy (non-hydrogen) atoms. The van der Waals surface area contributed by atoms with Gasteiger partial charge in [0.2, 0.25) is 0 Å². The van der Waals surface area contributed by atoms with E-state index in [0.29, 0.717) is 19.3 Å². The lowest BCUT2D eigenvalue weighted by Gasteiger charge is -2.21. The second-order valence-corrected chi connectivity index (χ2v) is 18.4. The summed E-state index contributed by atoms with van der Waals surface area (Å²) in [6, 6.07) is 0. The summed E-state index contributed by atoms with van der Waals surface area (Å²) >= 11 is 0. The Labute approximate surface area is 401 Å². The van der Waals surface area contributed by atoms with E-state index in [4.69, 9.17) is 23.3 Å². The average Bonchev–Trinajstić information content (AvgIpc) is 3.30. The van der Waals surface area contributed by atoms with Gasteiger partial charge in [0.1, 0.15) is 12.7 Å². The van der Waals surface area contributed by atoms with E-state index in [2.05, 4.69) is 93.7 Å². The molecule has 0 fully saturated rings. The molecule has 0 saturated heterocycles. The van der Waals surface area contributed by atoms with Crippen molar-refractivity contribution in [1.82, 2.24) is 0 Å². The first-order valence-corrected chi connectivity index (χ1v) is 27.3. The fourth-order valence-electron chi connectivity index (χ4n) is 6.61. The Morgan fingerprint density at radius 3 is 1.30 bits per heavy atom. The number of phosphoric acid groups is 1. The fourth-order valence-corrected chi connectivity index (χ4v) is 7.40. The average molecular weight is 949 g/mol. The van der Waals surface area contributed by atoms with Crippen molar-refractivity contribution in [3.8, 4) is 0 Å². The number of hydrogen-bond acceptors (Lipinski definition) is 10. The molecule has 0 aliphatic carbocycles. The molecule has 3 unspecified atom stereocenters. The van der Waals surface area contributed by atoms with Crippen molar-refractivity contribution >= 4 is 25.7 Å². The van der Waals surface area contributed by atoms with Crippen molar-refractivity contribution in [3.63, 3.8) is 0 Å². The van der Waals surface area contributed by atoms with Gasteiger partial charge in [0, 0.05) is 19.3 Å². The quantitative estimate of drug-likeness (QED) is 0.0197. The number of carbonyl (C=O) groups excluding carboxylic acids is 3. The van der Waals surface area contributed by atoms with Gasteiger partial charge in [-0.05, 0) is 103 Å². The van der Waals surface area contributed by atoms with Crippen LogP contribution in [0.15, 0.2) is 72.9 Å². The van der Waals surface area contributed by atoms with Crippen LogP contribution in [0, 0.1) is 0 Å². The van der Waals surface area contributed by atoms with Crippen LogP contribution in [0.25, 0.3) is 0 Å². The number of rotatable bonds is 47. The maximum atomic E-state index is 12.8. The molecule has 0 rings (SSSR count). The van der Waals surface area contributed by atoms with Gasteiger partial charge < -0.3 is 24.2 Å². The van der Waals surface area contributed by atoms with Crippen molar-refractivity contribution in [2.45, 2.75) is 226 Å². The molecule has 0 aromatic rings. The van der Waals surface area contributed by atoms with Gasteiger partial charge in [-0.2, -0.15) is 0 Å². The molecule has 0 aromatic carbocycles. The first-order valence-electron chi connectivity index (χ1n) is 25.8. The number of allylic oxidation sites excluding steroid dienone is 12. The molecule has 0 saturated carbocycles. The summed E-state index contributed by atoms with van der Waals surface area (Å²) in [6.07, 6.45) is 51.6. The summed E-state index contributed by atoms with van der Waals surface area (Å²) in [6.45, 7) is 4.38. The van der Waals surface area contributed by atoms with Gasteiger partial charge in [0.25, 0.3) is 0 Å². The second kappa shape index (κ2) is 48.4. The van der Waals surface area contributed by atoms with Crippen LogP contribution in [-0.4, -0.2) is 66.5 Å². The van der Waals surface area contributed by atoms with Gasteiger partial charge in [-0.15, -0.1) is 0 Å². The number of aliphatic hydroxyl groups is 1. The number of ether oxygens (including phenoxy) is 3. The highest BCUT2D eigenvalue weighted by atomic mass is 31.2. The lowest BCUT2D eigenvalue weighted by molar-refractivity contribution is -0.161. The van der Waals surface area contributed by atoms with E-state index in [0.717, 1.165) is 116 Å². The standard InChI is InChI=1S/C54H93O11P/c1-4-7-10-13-16-19-22-24-25-27-30-33-36-39-42-45-54(58)65-51(47-61-52(56)43-40-37-34-31-28-21-18-15-12-9-6-3)49-63-66(59,60)62-48-50(46-55)64-53(57)44-41-38-35-32-29-26-23-20-17-14-11-8-5-2/h7,10,15-16,18-20,23-25,30,33,50-51,55H,4-6,8-9,11-14,17,21-22,26-29,31-32,34-49H2,1-3H3,(H,59,60)/b10-7-,18-15-,19-16-,23-20-,25-24-,33-30-. The number of hydrogen-bond donors (Lipinski definition) is 2. The molecule has 11 nitrogen and oxygen atoms in total. The summed E-state index contributed by atoms with van der Waals surface area (Å²) in [5.74, 6) is -1.54. The minimum Gasteiger partial charge on any atom is -0.462 e. The largest absolute Gasteiger partial charge is 0.472 e. The van der Waals surface area contributed by atoms with Crippen molar-refractivity contribution < 1.29 is 52.2 Å². The molecule has 0 radical (unpaired) electrons. The minimum atomic E-state index is -4.75. The Hall–Kier alpha value is -3.08. The van der Waals surface area contributed by atoms with Crippen molar-refractivity contribution in [1.29, 1.82) is 0 Å². The molecule has 0 aliphatic heterocycles. The topological polar surface area (TPSA) is 155 Å². The number of carbonyl (C=O) groups is 3. The van der Waals surface area contributed by atoms with Gasteiger partial charge in [-0.1, -0.05) is 164 Å². The van der Waals surface area contributed by atoms with Crippen LogP contribution in [0.4, 0.5) is 0 Å². The highest BCUT2D eigenvalue weighted by Crippen LogP contribution is 2.43. The summed E-state index contributed by atoms with van der Waals surface area (Å²) < 4.78 is 39.3. The van der Waals surface area contributed by atoms with E-state index in [1.54, 1.807) is 0 Å². The van der Waals surface area contributed by atoms with Gasteiger partial charge >= 0.3 is 25.7 Å². The SMILES string of the molecule is CC/C=C\C/C=C\C/C=C\C/C=C\CCCCC(=O)OC(COC(=O)CCCCCCC/C=C\CCCC)COP(=O)(O)OCC(CO)OC(=O)CCCCCCC/C=C\CCCCCC. The third-order valence-electron chi connectivity index (χ3n) is 10.6. The van der Waals surface area contributed by atoms with Crippen LogP contribution in [0.1, 0.15) is 213 Å². The third kappa shape index (κ3) is 46.0. The zero-order chi connectivity index (χ0) is 48.4. The minimum absolute atomic E-state index is 0.111. The predicted octanol–water partition coefficient (Wildman–Crippen LogP) is 14.6. The zero-order valence-electron chi connectivity index (χ0n) is 41.6. The highest BCUT2D eigenvalue weighted by molar-refractivity contribution is 7.47. The van der Waals surface area contributed by atoms with E-state index in [-0.39, 0.29) is 25.9 Å². The molecule has 0 spiro atoms. The van der Waals surface area contributed by atoms with E-state index < -0.39 is 57.8 Å². The molecule has 0 heterocycles. The Morgan fingerprint density at radius 1 is 0.439 bits per heavy atom. The molecule has 0 aromatic heterocycles. The molecule has 0 amide bonds. The second-order valence-electron chi connectivity index (χ2n) is 16.9. The van der Waals surface area contributed by atoms with E-state index in [1.165, 1.54) is 38.5 Å². The summed E-state index contributed by atoms with van der Waals surface area (Å²) in [5.41, 5.74) is 0. The Kier molecular flexibility index (Phi) is 46.1. The van der Waals surface area contributed by atoms with Gasteiger partial charge in [0.15, 0.2) is 6.10 Å². The number of esters is 3. The van der Waals surface area contributed by atoms with Crippen LogP contribution < -0.4 is 0 Å². The summed E-state index contributed by atoms with van der Waals surface area (Å²) in [7, 11) is -4.75. The molecular formula is C54H93O11P. The van der Waals surface area contributed by atoms with Gasteiger partial charge in [-0.3, -0.25) is 23.4 Å².